The fourth-order valence-electron chi connectivity index (χ4n) is 3.30. The molecule has 0 aromatic carbocycles. The molecule has 0 spiro atoms. The molecule has 5 nitrogen and oxygen atoms in total. The average molecular weight is 385 g/mol. The first-order valence-electron chi connectivity index (χ1n) is 8.86. The minimum absolute atomic E-state index is 0.0413. The van der Waals surface area contributed by atoms with Crippen LogP contribution in [-0.4, -0.2) is 32.0 Å². The smallest absolute Gasteiger partial charge is 0.267 e. The Labute approximate surface area is 161 Å². The number of amidine groups is 1. The van der Waals surface area contributed by atoms with Crippen LogP contribution in [0.25, 0.3) is 6.08 Å². The molecule has 26 heavy (non-hydrogen) atoms. The second kappa shape index (κ2) is 7.72. The number of aliphatic imine (C=N–C) groups is 1. The largest absolute Gasteiger partial charge is 0.283 e. The Hall–Kier alpha value is -1.99. The summed E-state index contributed by atoms with van der Waals surface area (Å²) < 4.78 is 0. The zero-order chi connectivity index (χ0) is 17.9. The summed E-state index contributed by atoms with van der Waals surface area (Å²) in [5.41, 5.74) is 1.75. The maximum Gasteiger partial charge on any atom is 0.267 e. The number of carbonyl (C=O) groups excluding carboxylic acids is 1. The third-order valence-electron chi connectivity index (χ3n) is 4.54. The molecule has 2 aromatic heterocycles. The molecule has 7 heteroatoms. The zero-order valence-corrected chi connectivity index (χ0v) is 16.2. The number of nitrogens with zero attached hydrogens (tertiary/aromatic N) is 4. The molecule has 1 aliphatic heterocycles. The molecule has 3 heterocycles. The molecule has 0 atom stereocenters. The molecular weight excluding hydrogens is 364 g/mol. The molecule has 1 amide bonds. The van der Waals surface area contributed by atoms with E-state index in [-0.39, 0.29) is 11.9 Å². The SMILES string of the molecule is Cc1csc(/N=C2/S/C(=C\c3ccccn3)C(=O)N2C2CCCCC2)n1. The molecule has 0 unspecified atom stereocenters. The number of thiazole rings is 1. The third kappa shape index (κ3) is 3.73. The van der Waals surface area contributed by atoms with E-state index in [1.54, 1.807) is 6.20 Å². The van der Waals surface area contributed by atoms with Gasteiger partial charge in [0.15, 0.2) is 5.17 Å². The number of thioether (sulfide) groups is 1. The van der Waals surface area contributed by atoms with Crippen LogP contribution in [0.2, 0.25) is 0 Å². The number of rotatable bonds is 3. The second-order valence-electron chi connectivity index (χ2n) is 6.50. The first-order chi connectivity index (χ1) is 12.7. The highest BCUT2D eigenvalue weighted by Crippen LogP contribution is 2.38. The molecule has 1 saturated carbocycles. The average Bonchev–Trinajstić information content (AvgIpc) is 3.20. The van der Waals surface area contributed by atoms with Crippen molar-refractivity contribution in [3.05, 3.63) is 46.1 Å². The summed E-state index contributed by atoms with van der Waals surface area (Å²) in [7, 11) is 0. The van der Waals surface area contributed by atoms with E-state index in [1.165, 1.54) is 42.4 Å². The first kappa shape index (κ1) is 17.4. The van der Waals surface area contributed by atoms with Crippen LogP contribution in [0.5, 0.6) is 0 Å². The Morgan fingerprint density at radius 1 is 1.27 bits per heavy atom. The van der Waals surface area contributed by atoms with Crippen LogP contribution in [0.4, 0.5) is 5.13 Å². The van der Waals surface area contributed by atoms with Crippen molar-refractivity contribution in [2.45, 2.75) is 45.1 Å². The molecule has 2 fully saturated rings. The van der Waals surface area contributed by atoms with Crippen molar-refractivity contribution in [2.75, 3.05) is 0 Å². The lowest BCUT2D eigenvalue weighted by atomic mass is 9.94. The van der Waals surface area contributed by atoms with Gasteiger partial charge in [-0.05, 0) is 49.7 Å². The minimum Gasteiger partial charge on any atom is -0.283 e. The molecule has 0 N–H and O–H groups in total. The van der Waals surface area contributed by atoms with E-state index in [2.05, 4.69) is 9.97 Å². The number of aryl methyl sites for hydroxylation is 1. The zero-order valence-electron chi connectivity index (χ0n) is 14.6. The van der Waals surface area contributed by atoms with Gasteiger partial charge in [-0.3, -0.25) is 14.7 Å². The Morgan fingerprint density at radius 2 is 2.12 bits per heavy atom. The van der Waals surface area contributed by atoms with E-state index in [0.29, 0.717) is 10.0 Å². The Bertz CT molecular complexity index is 853. The molecule has 4 rings (SSSR count). The summed E-state index contributed by atoms with van der Waals surface area (Å²) in [6.45, 7) is 1.96. The standard InChI is InChI=1S/C19H20N4OS2/c1-13-12-25-18(21-13)22-19-23(15-8-3-2-4-9-15)17(24)16(26-19)11-14-7-5-6-10-20-14/h5-7,10-12,15H,2-4,8-9H2,1H3/b16-11-,22-19+. The molecule has 134 valence electrons. The fraction of sp³-hybridized carbons (Fsp3) is 0.368. The van der Waals surface area contributed by atoms with E-state index < -0.39 is 0 Å². The van der Waals surface area contributed by atoms with E-state index in [4.69, 9.17) is 4.99 Å². The van der Waals surface area contributed by atoms with Crippen LogP contribution in [-0.2, 0) is 4.79 Å². The van der Waals surface area contributed by atoms with Crippen LogP contribution in [0, 0.1) is 6.92 Å². The van der Waals surface area contributed by atoms with Gasteiger partial charge in [0, 0.05) is 17.6 Å². The lowest BCUT2D eigenvalue weighted by Crippen LogP contribution is -2.40. The topological polar surface area (TPSA) is 58.5 Å². The van der Waals surface area contributed by atoms with Gasteiger partial charge < -0.3 is 0 Å². The molecule has 1 saturated heterocycles. The van der Waals surface area contributed by atoms with Gasteiger partial charge in [-0.2, -0.15) is 4.99 Å². The van der Waals surface area contributed by atoms with Crippen molar-refractivity contribution in [3.63, 3.8) is 0 Å². The Balaban J connectivity index is 1.69. The number of amides is 1. The van der Waals surface area contributed by atoms with Gasteiger partial charge in [0.05, 0.1) is 16.3 Å². The predicted octanol–water partition coefficient (Wildman–Crippen LogP) is 4.78. The highest BCUT2D eigenvalue weighted by atomic mass is 32.2. The monoisotopic (exact) mass is 384 g/mol. The van der Waals surface area contributed by atoms with Gasteiger partial charge in [0.2, 0.25) is 5.13 Å². The molecule has 0 bridgehead atoms. The minimum atomic E-state index is 0.0413. The summed E-state index contributed by atoms with van der Waals surface area (Å²) in [5.74, 6) is 0.0413. The first-order valence-corrected chi connectivity index (χ1v) is 10.6. The number of aromatic nitrogens is 2. The number of pyridine rings is 1. The summed E-state index contributed by atoms with van der Waals surface area (Å²) >= 11 is 2.94. The number of hydrogen-bond donors (Lipinski definition) is 0. The van der Waals surface area contributed by atoms with Crippen LogP contribution in [0.3, 0.4) is 0 Å². The van der Waals surface area contributed by atoms with E-state index in [0.717, 1.165) is 29.4 Å². The highest BCUT2D eigenvalue weighted by molar-refractivity contribution is 8.18. The number of carbonyl (C=O) groups is 1. The van der Waals surface area contributed by atoms with Crippen molar-refractivity contribution in [1.82, 2.24) is 14.9 Å². The van der Waals surface area contributed by atoms with Crippen molar-refractivity contribution in [3.8, 4) is 0 Å². The predicted molar refractivity (Wildman–Crippen MR) is 107 cm³/mol. The molecule has 0 radical (unpaired) electrons. The normalized spacial score (nSPS) is 21.9. The number of hydrogen-bond acceptors (Lipinski definition) is 6. The van der Waals surface area contributed by atoms with Gasteiger partial charge in [-0.15, -0.1) is 11.3 Å². The van der Waals surface area contributed by atoms with Gasteiger partial charge in [0.1, 0.15) is 0 Å². The van der Waals surface area contributed by atoms with Crippen molar-refractivity contribution in [2.24, 2.45) is 4.99 Å². The lowest BCUT2D eigenvalue weighted by molar-refractivity contribution is -0.124. The molecule has 2 aromatic rings. The van der Waals surface area contributed by atoms with Crippen molar-refractivity contribution >= 4 is 45.4 Å². The van der Waals surface area contributed by atoms with Gasteiger partial charge in [0.25, 0.3) is 5.91 Å². The Kier molecular flexibility index (Phi) is 5.17. The van der Waals surface area contributed by atoms with E-state index in [9.17, 15) is 4.79 Å². The van der Waals surface area contributed by atoms with Gasteiger partial charge in [-0.25, -0.2) is 4.98 Å². The summed E-state index contributed by atoms with van der Waals surface area (Å²) in [5, 5.41) is 3.44. The fourth-order valence-corrected chi connectivity index (χ4v) is 5.04. The van der Waals surface area contributed by atoms with Gasteiger partial charge >= 0.3 is 0 Å². The second-order valence-corrected chi connectivity index (χ2v) is 8.34. The van der Waals surface area contributed by atoms with Gasteiger partial charge in [-0.1, -0.05) is 25.3 Å². The van der Waals surface area contributed by atoms with E-state index >= 15 is 0 Å². The lowest BCUT2D eigenvalue weighted by Gasteiger charge is -2.30. The maximum atomic E-state index is 13.1. The molecule has 2 aliphatic rings. The summed E-state index contributed by atoms with van der Waals surface area (Å²) in [6.07, 6.45) is 9.27. The van der Waals surface area contributed by atoms with Crippen molar-refractivity contribution in [1.29, 1.82) is 0 Å². The maximum absolute atomic E-state index is 13.1. The highest BCUT2D eigenvalue weighted by Gasteiger charge is 2.38. The van der Waals surface area contributed by atoms with E-state index in [1.807, 2.05) is 41.5 Å². The molecular formula is C19H20N4OS2. The van der Waals surface area contributed by atoms with Crippen LogP contribution < -0.4 is 0 Å². The quantitative estimate of drug-likeness (QED) is 0.714. The van der Waals surface area contributed by atoms with Crippen LogP contribution in [0.15, 0.2) is 39.7 Å². The summed E-state index contributed by atoms with van der Waals surface area (Å²) in [6, 6.07) is 5.94. The van der Waals surface area contributed by atoms with Crippen molar-refractivity contribution < 1.29 is 4.79 Å². The molecule has 1 aliphatic carbocycles. The summed E-state index contributed by atoms with van der Waals surface area (Å²) in [4.78, 5) is 29.2. The third-order valence-corrected chi connectivity index (χ3v) is 6.38. The van der Waals surface area contributed by atoms with Crippen LogP contribution in [0.1, 0.15) is 43.5 Å². The Morgan fingerprint density at radius 3 is 2.81 bits per heavy atom. The van der Waals surface area contributed by atoms with Crippen LogP contribution >= 0.6 is 23.1 Å².